The highest BCUT2D eigenvalue weighted by Crippen LogP contribution is 2.26. The zero-order chi connectivity index (χ0) is 19.2. The summed E-state index contributed by atoms with van der Waals surface area (Å²) in [6.45, 7) is 0.333. The summed E-state index contributed by atoms with van der Waals surface area (Å²) in [6, 6.07) is 12.6. The maximum atomic E-state index is 11.6. The molecule has 2 aromatic carbocycles. The minimum absolute atomic E-state index is 0.116. The molecule has 1 aliphatic carbocycles. The molecule has 0 aliphatic heterocycles. The van der Waals surface area contributed by atoms with Crippen molar-refractivity contribution in [2.75, 3.05) is 0 Å². The van der Waals surface area contributed by atoms with Crippen molar-refractivity contribution in [3.05, 3.63) is 63.6 Å². The van der Waals surface area contributed by atoms with Crippen LogP contribution < -0.4 is 15.5 Å². The number of benzene rings is 2. The summed E-state index contributed by atoms with van der Waals surface area (Å²) in [5.41, 5.74) is 3.76. The first-order valence-electron chi connectivity index (χ1n) is 8.32. The third kappa shape index (κ3) is 5.98. The van der Waals surface area contributed by atoms with E-state index in [1.807, 2.05) is 18.2 Å². The van der Waals surface area contributed by atoms with Crippen LogP contribution in [0, 0.1) is 0 Å². The van der Waals surface area contributed by atoms with Crippen LogP contribution in [0.5, 0.6) is 5.75 Å². The fourth-order valence-corrected chi connectivity index (χ4v) is 2.65. The number of carbonyl (C=O) groups is 2. The molecule has 0 aromatic heterocycles. The van der Waals surface area contributed by atoms with E-state index in [4.69, 9.17) is 27.9 Å². The number of carbonyl (C=O) groups excluding carboxylic acids is 2. The Morgan fingerprint density at radius 3 is 2.67 bits per heavy atom. The summed E-state index contributed by atoms with van der Waals surface area (Å²) in [4.78, 5) is 23.1. The van der Waals surface area contributed by atoms with Crippen molar-refractivity contribution < 1.29 is 14.3 Å². The van der Waals surface area contributed by atoms with Gasteiger partial charge in [-0.25, -0.2) is 5.43 Å². The van der Waals surface area contributed by atoms with Crippen molar-refractivity contribution in [1.82, 2.24) is 10.7 Å². The Balaban J connectivity index is 1.52. The average molecular weight is 406 g/mol. The average Bonchev–Trinajstić information content (AvgIpc) is 3.45. The summed E-state index contributed by atoms with van der Waals surface area (Å²) in [5.74, 6) is -0.968. The van der Waals surface area contributed by atoms with Gasteiger partial charge in [-0.3, -0.25) is 9.59 Å². The molecule has 0 radical (unpaired) electrons. The van der Waals surface area contributed by atoms with Crippen molar-refractivity contribution in [3.63, 3.8) is 0 Å². The molecule has 0 bridgehead atoms. The molecule has 0 atom stereocenters. The van der Waals surface area contributed by atoms with Crippen molar-refractivity contribution >= 4 is 41.2 Å². The Labute approximate surface area is 166 Å². The summed E-state index contributed by atoms with van der Waals surface area (Å²) < 4.78 is 5.69. The number of nitrogens with zero attached hydrogens (tertiary/aromatic N) is 1. The summed E-state index contributed by atoms with van der Waals surface area (Å²) in [7, 11) is 0. The first kappa shape index (κ1) is 19.2. The highest BCUT2D eigenvalue weighted by atomic mass is 35.5. The van der Waals surface area contributed by atoms with Gasteiger partial charge in [-0.2, -0.15) is 5.10 Å². The lowest BCUT2D eigenvalue weighted by atomic mass is 10.2. The molecule has 1 aliphatic rings. The first-order valence-corrected chi connectivity index (χ1v) is 9.07. The smallest absolute Gasteiger partial charge is 0.329 e. The van der Waals surface area contributed by atoms with Crippen LogP contribution in [0.2, 0.25) is 10.0 Å². The Kier molecular flexibility index (Phi) is 6.32. The lowest BCUT2D eigenvalue weighted by Crippen LogP contribution is -2.38. The number of rotatable bonds is 6. The van der Waals surface area contributed by atoms with Crippen molar-refractivity contribution in [3.8, 4) is 5.75 Å². The van der Waals surface area contributed by atoms with Gasteiger partial charge in [-0.15, -0.1) is 0 Å². The Hall–Kier alpha value is -2.57. The third-order valence-corrected chi connectivity index (χ3v) is 4.27. The number of nitrogens with one attached hydrogen (secondary N) is 2. The second kappa shape index (κ2) is 8.88. The molecule has 27 heavy (non-hydrogen) atoms. The predicted octanol–water partition coefficient (Wildman–Crippen LogP) is 3.30. The van der Waals surface area contributed by atoms with E-state index in [2.05, 4.69) is 15.8 Å². The fourth-order valence-electron chi connectivity index (χ4n) is 2.20. The van der Waals surface area contributed by atoms with Gasteiger partial charge in [0.15, 0.2) is 0 Å². The SMILES string of the molecule is O=C(N/N=C\c1ccc(OCc2cccc(Cl)c2)c(Cl)c1)C(=O)NC1CC1. The van der Waals surface area contributed by atoms with E-state index < -0.39 is 11.8 Å². The fraction of sp³-hybridized carbons (Fsp3) is 0.211. The monoisotopic (exact) mass is 405 g/mol. The quantitative estimate of drug-likeness (QED) is 0.439. The van der Waals surface area contributed by atoms with Crippen molar-refractivity contribution in [1.29, 1.82) is 0 Å². The number of halogens is 2. The van der Waals surface area contributed by atoms with E-state index in [0.29, 0.717) is 28.0 Å². The third-order valence-electron chi connectivity index (χ3n) is 3.74. The molecular formula is C19H17Cl2N3O3. The van der Waals surface area contributed by atoms with Crippen LogP contribution in [0.3, 0.4) is 0 Å². The minimum Gasteiger partial charge on any atom is -0.487 e. The molecule has 3 rings (SSSR count). The van der Waals surface area contributed by atoms with Gasteiger partial charge >= 0.3 is 11.8 Å². The minimum atomic E-state index is -0.800. The highest BCUT2D eigenvalue weighted by Gasteiger charge is 2.26. The molecule has 140 valence electrons. The molecule has 6 nitrogen and oxygen atoms in total. The number of hydrogen-bond donors (Lipinski definition) is 2. The lowest BCUT2D eigenvalue weighted by Gasteiger charge is -2.09. The molecule has 2 amide bonds. The van der Waals surface area contributed by atoms with E-state index in [1.54, 1.807) is 24.3 Å². The molecule has 0 unspecified atom stereocenters. The van der Waals surface area contributed by atoms with Gasteiger partial charge in [0.1, 0.15) is 12.4 Å². The zero-order valence-corrected chi connectivity index (χ0v) is 15.8. The molecule has 2 N–H and O–H groups in total. The van der Waals surface area contributed by atoms with Crippen LogP contribution in [0.15, 0.2) is 47.6 Å². The van der Waals surface area contributed by atoms with Crippen LogP contribution in [-0.2, 0) is 16.2 Å². The summed E-state index contributed by atoms with van der Waals surface area (Å²) in [6.07, 6.45) is 3.22. The topological polar surface area (TPSA) is 79.8 Å². The molecule has 0 saturated heterocycles. The van der Waals surface area contributed by atoms with Gasteiger partial charge in [-0.1, -0.05) is 35.3 Å². The molecule has 0 spiro atoms. The standard InChI is InChI=1S/C19H17Cl2N3O3/c20-14-3-1-2-13(8-14)11-27-17-7-4-12(9-16(17)21)10-22-24-19(26)18(25)23-15-5-6-15/h1-4,7-10,15H,5-6,11H2,(H,23,25)(H,24,26)/b22-10-. The van der Waals surface area contributed by atoms with E-state index in [-0.39, 0.29) is 6.04 Å². The number of amides is 2. The second-order valence-electron chi connectivity index (χ2n) is 6.06. The Morgan fingerprint density at radius 2 is 1.96 bits per heavy atom. The van der Waals surface area contributed by atoms with Gasteiger partial charge in [0, 0.05) is 11.1 Å². The number of hydrazone groups is 1. The first-order chi connectivity index (χ1) is 13.0. The maximum Gasteiger partial charge on any atom is 0.329 e. The summed E-state index contributed by atoms with van der Waals surface area (Å²) in [5, 5.41) is 7.39. The largest absolute Gasteiger partial charge is 0.487 e. The van der Waals surface area contributed by atoms with Crippen LogP contribution in [-0.4, -0.2) is 24.1 Å². The van der Waals surface area contributed by atoms with Gasteiger partial charge < -0.3 is 10.1 Å². The van der Waals surface area contributed by atoms with Crippen LogP contribution in [0.1, 0.15) is 24.0 Å². The van der Waals surface area contributed by atoms with Gasteiger partial charge in [0.2, 0.25) is 0 Å². The second-order valence-corrected chi connectivity index (χ2v) is 6.90. The number of ether oxygens (including phenoxy) is 1. The molecule has 1 saturated carbocycles. The van der Waals surface area contributed by atoms with Crippen LogP contribution >= 0.6 is 23.2 Å². The lowest BCUT2D eigenvalue weighted by molar-refractivity contribution is -0.139. The van der Waals surface area contributed by atoms with E-state index in [9.17, 15) is 9.59 Å². The highest BCUT2D eigenvalue weighted by molar-refractivity contribution is 6.35. The van der Waals surface area contributed by atoms with Gasteiger partial charge in [0.05, 0.1) is 11.2 Å². The molecule has 8 heteroatoms. The van der Waals surface area contributed by atoms with Crippen molar-refractivity contribution in [2.24, 2.45) is 5.10 Å². The van der Waals surface area contributed by atoms with Crippen molar-refractivity contribution in [2.45, 2.75) is 25.5 Å². The van der Waals surface area contributed by atoms with Gasteiger partial charge in [0.25, 0.3) is 0 Å². The zero-order valence-electron chi connectivity index (χ0n) is 14.2. The van der Waals surface area contributed by atoms with Crippen LogP contribution in [0.25, 0.3) is 0 Å². The normalized spacial score (nSPS) is 13.4. The Morgan fingerprint density at radius 1 is 1.15 bits per heavy atom. The van der Waals surface area contributed by atoms with E-state index >= 15 is 0 Å². The molecule has 1 fully saturated rings. The van der Waals surface area contributed by atoms with E-state index in [1.165, 1.54) is 6.21 Å². The van der Waals surface area contributed by atoms with Crippen LogP contribution in [0.4, 0.5) is 0 Å². The molecular weight excluding hydrogens is 389 g/mol. The maximum absolute atomic E-state index is 11.6. The van der Waals surface area contributed by atoms with E-state index in [0.717, 1.165) is 18.4 Å². The molecule has 2 aromatic rings. The Bertz CT molecular complexity index is 882. The predicted molar refractivity (Wildman–Crippen MR) is 104 cm³/mol. The summed E-state index contributed by atoms with van der Waals surface area (Å²) >= 11 is 12.2. The number of hydrogen-bond acceptors (Lipinski definition) is 4. The van der Waals surface area contributed by atoms with Gasteiger partial charge in [-0.05, 0) is 54.3 Å². The molecule has 0 heterocycles.